The van der Waals surface area contributed by atoms with Crippen LogP contribution in [0.4, 0.5) is 5.69 Å². The Balaban J connectivity index is 2.13. The Morgan fingerprint density at radius 1 is 1.47 bits per heavy atom. The van der Waals surface area contributed by atoms with E-state index in [0.717, 1.165) is 10.2 Å². The van der Waals surface area contributed by atoms with Crippen molar-refractivity contribution < 1.29 is 4.79 Å². The number of anilines is 1. The topological polar surface area (TPSA) is 42.0 Å². The van der Waals surface area contributed by atoms with E-state index in [1.807, 2.05) is 24.3 Å². The first-order chi connectivity index (χ1) is 7.25. The molecule has 2 aromatic rings. The number of carbonyl (C=O) groups is 1. The number of hydrogen-bond acceptors (Lipinski definition) is 3. The second kappa shape index (κ2) is 4.55. The van der Waals surface area contributed by atoms with Gasteiger partial charge in [0.15, 0.2) is 0 Å². The molecule has 0 saturated carbocycles. The van der Waals surface area contributed by atoms with E-state index in [9.17, 15) is 4.79 Å². The summed E-state index contributed by atoms with van der Waals surface area (Å²) in [5.41, 5.74) is 2.83. The van der Waals surface area contributed by atoms with Gasteiger partial charge in [0.2, 0.25) is 0 Å². The van der Waals surface area contributed by atoms with E-state index in [1.165, 1.54) is 11.3 Å². The van der Waals surface area contributed by atoms with Crippen molar-refractivity contribution in [3.63, 3.8) is 0 Å². The van der Waals surface area contributed by atoms with Crippen LogP contribution in [0.5, 0.6) is 0 Å². The van der Waals surface area contributed by atoms with Gasteiger partial charge in [-0.2, -0.15) is 0 Å². The summed E-state index contributed by atoms with van der Waals surface area (Å²) in [7, 11) is 0. The predicted octanol–water partition coefficient (Wildman–Crippen LogP) is 3.16. The van der Waals surface area contributed by atoms with Crippen LogP contribution in [0.25, 0.3) is 0 Å². The number of thiazole rings is 1. The molecule has 0 fully saturated rings. The van der Waals surface area contributed by atoms with Crippen LogP contribution < -0.4 is 5.32 Å². The maximum absolute atomic E-state index is 11.6. The number of nitrogens with one attached hydrogen (secondary N) is 1. The summed E-state index contributed by atoms with van der Waals surface area (Å²) >= 11 is 4.74. The first-order valence-electron chi connectivity index (χ1n) is 4.21. The van der Waals surface area contributed by atoms with E-state index in [-0.39, 0.29) is 5.91 Å². The van der Waals surface area contributed by atoms with E-state index < -0.39 is 0 Å². The quantitative estimate of drug-likeness (QED) is 0.919. The normalized spacial score (nSPS) is 9.93. The summed E-state index contributed by atoms with van der Waals surface area (Å²) in [5.74, 6) is -0.186. The zero-order valence-corrected chi connectivity index (χ0v) is 10.0. The Bertz CT molecular complexity index is 470. The minimum absolute atomic E-state index is 0.186. The summed E-state index contributed by atoms with van der Waals surface area (Å²) in [4.78, 5) is 15.5. The molecular formula is C10H7BrN2OS. The molecule has 3 nitrogen and oxygen atoms in total. The van der Waals surface area contributed by atoms with Crippen LogP contribution in [0.1, 0.15) is 10.5 Å². The van der Waals surface area contributed by atoms with Crippen molar-refractivity contribution >= 4 is 38.9 Å². The highest BCUT2D eigenvalue weighted by Crippen LogP contribution is 2.16. The third kappa shape index (κ3) is 2.64. The van der Waals surface area contributed by atoms with Crippen molar-refractivity contribution in [1.82, 2.24) is 4.98 Å². The fourth-order valence-corrected chi connectivity index (χ4v) is 2.02. The monoisotopic (exact) mass is 282 g/mol. The minimum atomic E-state index is -0.186. The zero-order valence-electron chi connectivity index (χ0n) is 7.61. The first-order valence-corrected chi connectivity index (χ1v) is 5.94. The molecule has 1 aromatic carbocycles. The van der Waals surface area contributed by atoms with Gasteiger partial charge in [-0.1, -0.05) is 22.0 Å². The lowest BCUT2D eigenvalue weighted by atomic mass is 10.3. The van der Waals surface area contributed by atoms with Crippen molar-refractivity contribution in [1.29, 1.82) is 0 Å². The summed E-state index contributed by atoms with van der Waals surface area (Å²) in [6.07, 6.45) is 0. The Hall–Kier alpha value is -1.20. The van der Waals surface area contributed by atoms with E-state index in [4.69, 9.17) is 0 Å². The molecule has 0 bridgehead atoms. The van der Waals surface area contributed by atoms with Gasteiger partial charge in [-0.15, -0.1) is 11.3 Å². The third-order valence-corrected chi connectivity index (χ3v) is 2.83. The fraction of sp³-hybridized carbons (Fsp3) is 0. The number of hydrogen-bond donors (Lipinski definition) is 1. The summed E-state index contributed by atoms with van der Waals surface area (Å²) in [5, 5.41) is 4.48. The minimum Gasteiger partial charge on any atom is -0.321 e. The molecule has 76 valence electrons. The van der Waals surface area contributed by atoms with Gasteiger partial charge < -0.3 is 5.32 Å². The van der Waals surface area contributed by atoms with Crippen LogP contribution in [0.15, 0.2) is 39.6 Å². The van der Waals surface area contributed by atoms with Crippen LogP contribution in [-0.4, -0.2) is 10.9 Å². The SMILES string of the molecule is O=C(Nc1cccc(Br)c1)c1cscn1. The Labute approximate surface area is 99.3 Å². The molecule has 1 amide bonds. The lowest BCUT2D eigenvalue weighted by Crippen LogP contribution is -2.11. The highest BCUT2D eigenvalue weighted by molar-refractivity contribution is 9.10. The van der Waals surface area contributed by atoms with Crippen LogP contribution in [0.3, 0.4) is 0 Å². The van der Waals surface area contributed by atoms with Crippen LogP contribution >= 0.6 is 27.3 Å². The van der Waals surface area contributed by atoms with Gasteiger partial charge in [-0.25, -0.2) is 4.98 Å². The van der Waals surface area contributed by atoms with Gasteiger partial charge in [0, 0.05) is 15.5 Å². The van der Waals surface area contributed by atoms with Crippen molar-refractivity contribution in [2.45, 2.75) is 0 Å². The molecule has 0 spiro atoms. The molecule has 0 radical (unpaired) electrons. The smallest absolute Gasteiger partial charge is 0.275 e. The number of carbonyl (C=O) groups excluding carboxylic acids is 1. The fourth-order valence-electron chi connectivity index (χ4n) is 1.09. The number of rotatable bonds is 2. The molecule has 5 heteroatoms. The molecule has 15 heavy (non-hydrogen) atoms. The summed E-state index contributed by atoms with van der Waals surface area (Å²) in [6.45, 7) is 0. The highest BCUT2D eigenvalue weighted by atomic mass is 79.9. The Morgan fingerprint density at radius 2 is 2.33 bits per heavy atom. The Morgan fingerprint density at radius 3 is 3.00 bits per heavy atom. The van der Waals surface area contributed by atoms with E-state index in [1.54, 1.807) is 10.9 Å². The second-order valence-electron chi connectivity index (χ2n) is 2.84. The molecule has 0 aliphatic rings. The molecule has 0 aliphatic heterocycles. The maximum Gasteiger partial charge on any atom is 0.275 e. The van der Waals surface area contributed by atoms with Gasteiger partial charge in [-0.05, 0) is 18.2 Å². The number of nitrogens with zero attached hydrogens (tertiary/aromatic N) is 1. The van der Waals surface area contributed by atoms with E-state index >= 15 is 0 Å². The van der Waals surface area contributed by atoms with Crippen LogP contribution in [0.2, 0.25) is 0 Å². The predicted molar refractivity (Wildman–Crippen MR) is 64.2 cm³/mol. The van der Waals surface area contributed by atoms with Crippen LogP contribution in [-0.2, 0) is 0 Å². The van der Waals surface area contributed by atoms with Crippen LogP contribution in [0, 0.1) is 0 Å². The number of benzene rings is 1. The number of aromatic nitrogens is 1. The molecule has 2 rings (SSSR count). The lowest BCUT2D eigenvalue weighted by Gasteiger charge is -2.02. The van der Waals surface area contributed by atoms with Gasteiger partial charge in [0.05, 0.1) is 5.51 Å². The molecular weight excluding hydrogens is 276 g/mol. The van der Waals surface area contributed by atoms with Gasteiger partial charge >= 0.3 is 0 Å². The summed E-state index contributed by atoms with van der Waals surface area (Å²) < 4.78 is 0.929. The second-order valence-corrected chi connectivity index (χ2v) is 4.47. The molecule has 0 atom stereocenters. The molecule has 0 saturated heterocycles. The number of amides is 1. The molecule has 0 unspecified atom stereocenters. The molecule has 0 aliphatic carbocycles. The average molecular weight is 283 g/mol. The standard InChI is InChI=1S/C10H7BrN2OS/c11-7-2-1-3-8(4-7)13-10(14)9-5-15-6-12-9/h1-6H,(H,13,14). The maximum atomic E-state index is 11.6. The van der Waals surface area contributed by atoms with E-state index in [0.29, 0.717) is 5.69 Å². The first kappa shape index (κ1) is 10.3. The zero-order chi connectivity index (χ0) is 10.7. The largest absolute Gasteiger partial charge is 0.321 e. The van der Waals surface area contributed by atoms with Crippen molar-refractivity contribution in [3.8, 4) is 0 Å². The third-order valence-electron chi connectivity index (χ3n) is 1.75. The van der Waals surface area contributed by atoms with Gasteiger partial charge in [0.1, 0.15) is 5.69 Å². The summed E-state index contributed by atoms with van der Waals surface area (Å²) in [6, 6.07) is 7.43. The Kier molecular flexibility index (Phi) is 3.13. The van der Waals surface area contributed by atoms with Crippen molar-refractivity contribution in [3.05, 3.63) is 45.3 Å². The lowest BCUT2D eigenvalue weighted by molar-refractivity contribution is 0.102. The molecule has 1 N–H and O–H groups in total. The van der Waals surface area contributed by atoms with Gasteiger partial charge in [-0.3, -0.25) is 4.79 Å². The molecule has 1 aromatic heterocycles. The average Bonchev–Trinajstić information content (AvgIpc) is 2.70. The highest BCUT2D eigenvalue weighted by Gasteiger charge is 2.07. The van der Waals surface area contributed by atoms with Crippen molar-refractivity contribution in [2.24, 2.45) is 0 Å². The van der Waals surface area contributed by atoms with E-state index in [2.05, 4.69) is 26.2 Å². The number of halogens is 1. The van der Waals surface area contributed by atoms with Gasteiger partial charge in [0.25, 0.3) is 5.91 Å². The molecule has 1 heterocycles. The van der Waals surface area contributed by atoms with Crippen molar-refractivity contribution in [2.75, 3.05) is 5.32 Å².